The zero-order valence-corrected chi connectivity index (χ0v) is 19.3. The quantitative estimate of drug-likeness (QED) is 0.423. The zero-order chi connectivity index (χ0) is 21.2. The molecule has 1 unspecified atom stereocenters. The average Bonchev–Trinajstić information content (AvgIpc) is 3.10. The Morgan fingerprint density at radius 1 is 0.833 bits per heavy atom. The molecule has 0 aliphatic carbocycles. The molecule has 152 valence electrons. The van der Waals surface area contributed by atoms with E-state index in [2.05, 4.69) is 61.9 Å². The molecule has 2 heterocycles. The first-order valence-corrected chi connectivity index (χ1v) is 13.2. The van der Waals surface area contributed by atoms with Gasteiger partial charge in [-0.1, -0.05) is 0 Å². The van der Waals surface area contributed by atoms with Gasteiger partial charge in [-0.05, 0) is 0 Å². The van der Waals surface area contributed by atoms with E-state index in [-0.39, 0.29) is 6.17 Å². The van der Waals surface area contributed by atoms with E-state index in [4.69, 9.17) is 0 Å². The molecule has 5 rings (SSSR count). The van der Waals surface area contributed by atoms with Gasteiger partial charge in [-0.15, -0.1) is 0 Å². The zero-order valence-electron chi connectivity index (χ0n) is 17.5. The van der Waals surface area contributed by atoms with Crippen LogP contribution in [-0.2, 0) is 7.67 Å². The Balaban J connectivity index is 1.68. The van der Waals surface area contributed by atoms with Crippen LogP contribution in [0.2, 0.25) is 0 Å². The van der Waals surface area contributed by atoms with E-state index in [0.29, 0.717) is 8.92 Å². The number of fused-ring (bicyclic) bond motifs is 3. The molecule has 0 saturated heterocycles. The van der Waals surface area contributed by atoms with Gasteiger partial charge >= 0.3 is 179 Å². The normalized spacial score (nSPS) is 19.3. The Kier molecular flexibility index (Phi) is 4.18. The van der Waals surface area contributed by atoms with Gasteiger partial charge in [0, 0.05) is 0 Å². The molecule has 5 heteroatoms. The van der Waals surface area contributed by atoms with Crippen LogP contribution >= 0.6 is 0 Å². The Morgan fingerprint density at radius 3 is 2.27 bits per heavy atom. The number of para-hydroxylation sites is 1. The third kappa shape index (κ3) is 2.52. The fourth-order valence-corrected chi connectivity index (χ4v) is 8.30. The molecular formula is C25H24N2O2Se. The molecular weight excluding hydrogens is 439 g/mol. The summed E-state index contributed by atoms with van der Waals surface area (Å²) >= 11 is -4.31. The SMILES string of the molecule is CC1=C(c2ccc3c(c2)-c2ccccc2[Se]3(=O)=O)N(C)C(C)N1c1ccccc1C. The number of benzene rings is 3. The first kappa shape index (κ1) is 19.1. The van der Waals surface area contributed by atoms with E-state index >= 15 is 0 Å². The summed E-state index contributed by atoms with van der Waals surface area (Å²) in [6.07, 6.45) is 0.162. The molecule has 0 spiro atoms. The van der Waals surface area contributed by atoms with Crippen molar-refractivity contribution in [2.45, 2.75) is 26.9 Å². The molecule has 2 aliphatic heterocycles. The Labute approximate surface area is 179 Å². The first-order valence-electron chi connectivity index (χ1n) is 10.1. The summed E-state index contributed by atoms with van der Waals surface area (Å²) in [5.74, 6) is 0. The maximum absolute atomic E-state index is 13.0. The molecule has 2 aliphatic rings. The van der Waals surface area contributed by atoms with Crippen LogP contribution in [0.3, 0.4) is 0 Å². The predicted octanol–water partition coefficient (Wildman–Crippen LogP) is 3.88. The summed E-state index contributed by atoms with van der Waals surface area (Å²) in [7, 11) is 2.10. The average molecular weight is 463 g/mol. The van der Waals surface area contributed by atoms with Gasteiger partial charge < -0.3 is 0 Å². The van der Waals surface area contributed by atoms with E-state index in [1.54, 1.807) is 18.2 Å². The summed E-state index contributed by atoms with van der Waals surface area (Å²) < 4.78 is 27.0. The minimum absolute atomic E-state index is 0.162. The van der Waals surface area contributed by atoms with Crippen molar-refractivity contribution in [3.63, 3.8) is 0 Å². The monoisotopic (exact) mass is 464 g/mol. The van der Waals surface area contributed by atoms with Crippen LogP contribution in [0.1, 0.15) is 25.0 Å². The van der Waals surface area contributed by atoms with Gasteiger partial charge in [-0.25, -0.2) is 0 Å². The van der Waals surface area contributed by atoms with Crippen LogP contribution in [0.4, 0.5) is 5.69 Å². The van der Waals surface area contributed by atoms with Crippen molar-refractivity contribution in [3.05, 3.63) is 83.6 Å². The Bertz CT molecular complexity index is 1320. The number of hydrogen-bond acceptors (Lipinski definition) is 4. The van der Waals surface area contributed by atoms with Gasteiger partial charge in [0.1, 0.15) is 0 Å². The van der Waals surface area contributed by atoms with E-state index in [0.717, 1.165) is 22.4 Å². The maximum atomic E-state index is 13.0. The van der Waals surface area contributed by atoms with Crippen molar-refractivity contribution in [2.75, 3.05) is 11.9 Å². The van der Waals surface area contributed by atoms with Gasteiger partial charge in [-0.3, -0.25) is 0 Å². The van der Waals surface area contributed by atoms with Crippen molar-refractivity contribution in [1.82, 2.24) is 4.90 Å². The molecule has 0 N–H and O–H groups in total. The summed E-state index contributed by atoms with van der Waals surface area (Å²) in [5, 5.41) is 0. The van der Waals surface area contributed by atoms with E-state index in [9.17, 15) is 7.67 Å². The second-order valence-electron chi connectivity index (χ2n) is 8.04. The second kappa shape index (κ2) is 6.56. The number of aryl methyl sites for hydroxylation is 1. The van der Waals surface area contributed by atoms with Gasteiger partial charge in [0.15, 0.2) is 0 Å². The molecule has 0 aromatic heterocycles. The number of hydrogen-bond donors (Lipinski definition) is 0. The Hall–Kier alpha value is -2.88. The second-order valence-corrected chi connectivity index (χ2v) is 12.0. The van der Waals surface area contributed by atoms with Crippen LogP contribution in [0.15, 0.2) is 72.4 Å². The van der Waals surface area contributed by atoms with Crippen molar-refractivity contribution in [1.29, 1.82) is 0 Å². The fourth-order valence-electron chi connectivity index (χ4n) is 4.80. The predicted molar refractivity (Wildman–Crippen MR) is 122 cm³/mol. The van der Waals surface area contributed by atoms with E-state index < -0.39 is 12.7 Å². The fraction of sp³-hybridized carbons (Fsp3) is 0.200. The van der Waals surface area contributed by atoms with Crippen LogP contribution in [-0.4, -0.2) is 30.8 Å². The summed E-state index contributed by atoms with van der Waals surface area (Å²) in [5.41, 5.74) is 7.41. The van der Waals surface area contributed by atoms with Gasteiger partial charge in [0.25, 0.3) is 0 Å². The standard InChI is InChI=1S/C25H24N2O2Se/c1-16-9-5-7-11-22(16)27-17(2)25(26(4)18(27)3)19-13-14-24-21(15-19)20-10-6-8-12-23(20)30(24,28)29/h5-15,18H,1-4H3. The topological polar surface area (TPSA) is 40.6 Å². The molecule has 4 nitrogen and oxygen atoms in total. The molecule has 30 heavy (non-hydrogen) atoms. The molecule has 0 radical (unpaired) electrons. The molecule has 0 amide bonds. The number of allylic oxidation sites excluding steroid dienone is 1. The number of anilines is 1. The molecule has 3 aromatic carbocycles. The van der Waals surface area contributed by atoms with Crippen LogP contribution < -0.4 is 13.8 Å². The van der Waals surface area contributed by atoms with Crippen molar-refractivity contribution < 1.29 is 7.67 Å². The molecule has 1 atom stereocenters. The first-order chi connectivity index (χ1) is 14.3. The summed E-state index contributed by atoms with van der Waals surface area (Å²) in [6.45, 7) is 6.47. The molecule has 0 fully saturated rings. The third-order valence-corrected chi connectivity index (χ3v) is 10.3. The summed E-state index contributed by atoms with van der Waals surface area (Å²) in [4.78, 5) is 4.62. The van der Waals surface area contributed by atoms with E-state index in [1.165, 1.54) is 16.9 Å². The van der Waals surface area contributed by atoms with Gasteiger partial charge in [0.05, 0.1) is 0 Å². The molecule has 0 bridgehead atoms. The number of rotatable bonds is 2. The van der Waals surface area contributed by atoms with Crippen LogP contribution in [0, 0.1) is 6.92 Å². The van der Waals surface area contributed by atoms with Crippen LogP contribution in [0.25, 0.3) is 16.8 Å². The number of nitrogens with zero attached hydrogens (tertiary/aromatic N) is 2. The minimum atomic E-state index is -4.31. The Morgan fingerprint density at radius 2 is 1.50 bits per heavy atom. The molecule has 0 saturated carbocycles. The molecule has 3 aromatic rings. The summed E-state index contributed by atoms with van der Waals surface area (Å²) in [6, 6.07) is 21.5. The van der Waals surface area contributed by atoms with Crippen molar-refractivity contribution in [2.24, 2.45) is 0 Å². The van der Waals surface area contributed by atoms with Crippen LogP contribution in [0.5, 0.6) is 0 Å². The van der Waals surface area contributed by atoms with Gasteiger partial charge in [0.2, 0.25) is 0 Å². The van der Waals surface area contributed by atoms with E-state index in [1.807, 2.05) is 24.3 Å². The third-order valence-electron chi connectivity index (χ3n) is 6.38. The van der Waals surface area contributed by atoms with Crippen molar-refractivity contribution in [3.8, 4) is 11.1 Å². The van der Waals surface area contributed by atoms with Gasteiger partial charge in [-0.2, -0.15) is 0 Å². The van der Waals surface area contributed by atoms with Crippen molar-refractivity contribution >= 4 is 33.0 Å².